The molecule has 1 aliphatic rings. The third-order valence-corrected chi connectivity index (χ3v) is 4.45. The zero-order chi connectivity index (χ0) is 11.5. The molecule has 1 nitrogen and oxygen atoms in total. The van der Waals surface area contributed by atoms with E-state index in [4.69, 9.17) is 0 Å². The van der Waals surface area contributed by atoms with Crippen molar-refractivity contribution in [3.8, 4) is 0 Å². The SMILES string of the molecule is CC(O)c1cc(F)ccc1SC1CCCC1. The summed E-state index contributed by atoms with van der Waals surface area (Å²) in [5.41, 5.74) is 0.719. The van der Waals surface area contributed by atoms with Crippen LogP contribution in [0.5, 0.6) is 0 Å². The third kappa shape index (κ3) is 2.77. The van der Waals surface area contributed by atoms with Crippen molar-refractivity contribution in [1.82, 2.24) is 0 Å². The van der Waals surface area contributed by atoms with Crippen molar-refractivity contribution in [3.05, 3.63) is 29.6 Å². The zero-order valence-corrected chi connectivity index (χ0v) is 10.3. The fraction of sp³-hybridized carbons (Fsp3) is 0.538. The van der Waals surface area contributed by atoms with Gasteiger partial charge in [-0.2, -0.15) is 0 Å². The van der Waals surface area contributed by atoms with Crippen molar-refractivity contribution in [1.29, 1.82) is 0 Å². The number of aliphatic hydroxyl groups excluding tert-OH is 1. The zero-order valence-electron chi connectivity index (χ0n) is 9.45. The van der Waals surface area contributed by atoms with E-state index >= 15 is 0 Å². The molecule has 0 bridgehead atoms. The molecule has 3 heteroatoms. The molecule has 1 aliphatic carbocycles. The van der Waals surface area contributed by atoms with E-state index in [0.717, 1.165) is 10.5 Å². The average molecular weight is 240 g/mol. The van der Waals surface area contributed by atoms with E-state index in [2.05, 4.69) is 0 Å². The molecular weight excluding hydrogens is 223 g/mol. The van der Waals surface area contributed by atoms with Crippen LogP contribution in [0, 0.1) is 5.82 Å². The lowest BCUT2D eigenvalue weighted by Gasteiger charge is -2.15. The van der Waals surface area contributed by atoms with Crippen LogP contribution in [-0.2, 0) is 0 Å². The molecule has 0 aliphatic heterocycles. The van der Waals surface area contributed by atoms with Crippen molar-refractivity contribution >= 4 is 11.8 Å². The standard InChI is InChI=1S/C13H17FOS/c1-9(15)12-8-10(14)6-7-13(12)16-11-4-2-3-5-11/h6-9,11,15H,2-5H2,1H3. The number of halogens is 1. The Morgan fingerprint density at radius 2 is 2.06 bits per heavy atom. The Hall–Kier alpha value is -0.540. The second-order valence-electron chi connectivity index (χ2n) is 4.38. The van der Waals surface area contributed by atoms with E-state index in [1.165, 1.54) is 37.8 Å². The van der Waals surface area contributed by atoms with Crippen molar-refractivity contribution in [2.45, 2.75) is 48.9 Å². The summed E-state index contributed by atoms with van der Waals surface area (Å²) in [6, 6.07) is 4.71. The average Bonchev–Trinajstić information content (AvgIpc) is 2.73. The molecule has 0 aromatic heterocycles. The minimum Gasteiger partial charge on any atom is -0.389 e. The molecule has 88 valence electrons. The van der Waals surface area contributed by atoms with E-state index < -0.39 is 6.10 Å². The highest BCUT2D eigenvalue weighted by atomic mass is 32.2. The summed E-state index contributed by atoms with van der Waals surface area (Å²) in [5, 5.41) is 10.3. The minimum atomic E-state index is -0.598. The molecule has 0 radical (unpaired) electrons. The highest BCUT2D eigenvalue weighted by Gasteiger charge is 2.19. The molecule has 1 atom stereocenters. The molecule has 16 heavy (non-hydrogen) atoms. The van der Waals surface area contributed by atoms with Gasteiger partial charge in [-0.3, -0.25) is 0 Å². The Bertz CT molecular complexity index is 359. The van der Waals surface area contributed by atoms with Crippen molar-refractivity contribution in [2.75, 3.05) is 0 Å². The van der Waals surface area contributed by atoms with Gasteiger partial charge < -0.3 is 5.11 Å². The van der Waals surface area contributed by atoms with Gasteiger partial charge in [0.15, 0.2) is 0 Å². The maximum Gasteiger partial charge on any atom is 0.123 e. The van der Waals surface area contributed by atoms with Crippen LogP contribution in [0.4, 0.5) is 4.39 Å². The van der Waals surface area contributed by atoms with Gasteiger partial charge in [-0.15, -0.1) is 11.8 Å². The van der Waals surface area contributed by atoms with Gasteiger partial charge in [0.2, 0.25) is 0 Å². The first kappa shape index (κ1) is 11.9. The molecule has 1 aromatic carbocycles. The number of hydrogen-bond donors (Lipinski definition) is 1. The smallest absolute Gasteiger partial charge is 0.123 e. The van der Waals surface area contributed by atoms with E-state index in [0.29, 0.717) is 5.25 Å². The Morgan fingerprint density at radius 3 is 2.69 bits per heavy atom. The number of thioether (sulfide) groups is 1. The predicted octanol–water partition coefficient (Wildman–Crippen LogP) is 3.91. The Kier molecular flexibility index (Phi) is 3.87. The Labute approximate surface area is 100 Å². The van der Waals surface area contributed by atoms with Crippen LogP contribution in [0.2, 0.25) is 0 Å². The Balaban J connectivity index is 2.18. The molecule has 2 rings (SSSR count). The summed E-state index contributed by atoms with van der Waals surface area (Å²) in [5.74, 6) is -0.272. The molecule has 1 fully saturated rings. The molecule has 0 heterocycles. The monoisotopic (exact) mass is 240 g/mol. The summed E-state index contributed by atoms with van der Waals surface area (Å²) < 4.78 is 13.1. The van der Waals surface area contributed by atoms with Gasteiger partial charge in [-0.1, -0.05) is 12.8 Å². The van der Waals surface area contributed by atoms with Gasteiger partial charge in [-0.25, -0.2) is 4.39 Å². The number of benzene rings is 1. The summed E-state index contributed by atoms with van der Waals surface area (Å²) in [4.78, 5) is 1.03. The van der Waals surface area contributed by atoms with Crippen molar-refractivity contribution in [3.63, 3.8) is 0 Å². The largest absolute Gasteiger partial charge is 0.389 e. The molecule has 1 aromatic rings. The fourth-order valence-electron chi connectivity index (χ4n) is 2.14. The van der Waals surface area contributed by atoms with Crippen molar-refractivity contribution in [2.24, 2.45) is 0 Å². The fourth-order valence-corrected chi connectivity index (χ4v) is 3.58. The quantitative estimate of drug-likeness (QED) is 0.864. The normalized spacial score (nSPS) is 18.9. The van der Waals surface area contributed by atoms with Gasteiger partial charge in [0, 0.05) is 10.1 Å². The van der Waals surface area contributed by atoms with E-state index in [1.807, 2.05) is 0 Å². The molecule has 0 saturated heterocycles. The van der Waals surface area contributed by atoms with Crippen LogP contribution < -0.4 is 0 Å². The molecular formula is C13H17FOS. The first-order chi connectivity index (χ1) is 7.66. The first-order valence-electron chi connectivity index (χ1n) is 5.81. The van der Waals surface area contributed by atoms with Crippen LogP contribution in [0.25, 0.3) is 0 Å². The van der Waals surface area contributed by atoms with Crippen LogP contribution in [0.1, 0.15) is 44.3 Å². The van der Waals surface area contributed by atoms with Crippen LogP contribution in [-0.4, -0.2) is 10.4 Å². The molecule has 0 spiro atoms. The summed E-state index contributed by atoms with van der Waals surface area (Å²) in [6.07, 6.45) is 4.47. The van der Waals surface area contributed by atoms with Crippen molar-refractivity contribution < 1.29 is 9.50 Å². The first-order valence-corrected chi connectivity index (χ1v) is 6.69. The number of rotatable bonds is 3. The van der Waals surface area contributed by atoms with E-state index in [9.17, 15) is 9.50 Å². The minimum absolute atomic E-state index is 0.272. The van der Waals surface area contributed by atoms with Crippen LogP contribution in [0.15, 0.2) is 23.1 Å². The molecule has 0 amide bonds. The lowest BCUT2D eigenvalue weighted by molar-refractivity contribution is 0.196. The highest BCUT2D eigenvalue weighted by molar-refractivity contribution is 8.00. The molecule has 1 N–H and O–H groups in total. The summed E-state index contributed by atoms with van der Waals surface area (Å²) in [6.45, 7) is 1.69. The molecule has 1 unspecified atom stereocenters. The van der Waals surface area contributed by atoms with Crippen LogP contribution in [0.3, 0.4) is 0 Å². The van der Waals surface area contributed by atoms with Crippen LogP contribution >= 0.6 is 11.8 Å². The number of aliphatic hydroxyl groups is 1. The maximum absolute atomic E-state index is 13.1. The molecule has 1 saturated carbocycles. The second-order valence-corrected chi connectivity index (χ2v) is 5.72. The van der Waals surface area contributed by atoms with E-state index in [1.54, 1.807) is 24.8 Å². The van der Waals surface area contributed by atoms with Gasteiger partial charge in [-0.05, 0) is 43.5 Å². The lowest BCUT2D eigenvalue weighted by atomic mass is 10.1. The van der Waals surface area contributed by atoms with Gasteiger partial charge in [0.25, 0.3) is 0 Å². The predicted molar refractivity (Wildman–Crippen MR) is 65.1 cm³/mol. The van der Waals surface area contributed by atoms with Gasteiger partial charge in [0.05, 0.1) is 6.10 Å². The Morgan fingerprint density at radius 1 is 1.38 bits per heavy atom. The maximum atomic E-state index is 13.1. The highest BCUT2D eigenvalue weighted by Crippen LogP contribution is 2.37. The number of hydrogen-bond acceptors (Lipinski definition) is 2. The second kappa shape index (κ2) is 5.19. The van der Waals surface area contributed by atoms with E-state index in [-0.39, 0.29) is 5.82 Å². The van der Waals surface area contributed by atoms with Gasteiger partial charge in [0.1, 0.15) is 5.82 Å². The van der Waals surface area contributed by atoms with Gasteiger partial charge >= 0.3 is 0 Å². The lowest BCUT2D eigenvalue weighted by Crippen LogP contribution is -1.99. The third-order valence-electron chi connectivity index (χ3n) is 3.02. The summed E-state index contributed by atoms with van der Waals surface area (Å²) in [7, 11) is 0. The summed E-state index contributed by atoms with van der Waals surface area (Å²) >= 11 is 1.79. The topological polar surface area (TPSA) is 20.2 Å².